The van der Waals surface area contributed by atoms with Gasteiger partial charge in [-0.15, -0.1) is 0 Å². The maximum atomic E-state index is 13.9. The van der Waals surface area contributed by atoms with Gasteiger partial charge in [0, 0.05) is 23.7 Å². The first-order chi connectivity index (χ1) is 9.38. The topological polar surface area (TPSA) is 98.0 Å². The molecule has 0 atom stereocenters. The van der Waals surface area contributed by atoms with E-state index in [2.05, 4.69) is 14.7 Å². The Morgan fingerprint density at radius 3 is 2.70 bits per heavy atom. The van der Waals surface area contributed by atoms with Gasteiger partial charge >= 0.3 is 0 Å². The average molecular weight is 296 g/mol. The van der Waals surface area contributed by atoms with E-state index >= 15 is 0 Å². The number of carbonyl (C=O) groups is 1. The summed E-state index contributed by atoms with van der Waals surface area (Å²) in [7, 11) is 0. The van der Waals surface area contributed by atoms with E-state index in [0.717, 1.165) is 23.7 Å². The number of nitro benzene ring substituents is 1. The van der Waals surface area contributed by atoms with Gasteiger partial charge in [-0.1, -0.05) is 0 Å². The number of nitrogens with zero attached hydrogens (tertiary/aromatic N) is 3. The standard InChI is InChI=1S/C11H9FN4O3S/c1-5-3-7(16(18)19)4-8(9(5)12)10(17)14-11-13-6(2)15-20-11/h3-4H,1-2H3,(H,13,14,15,17). The Kier molecular flexibility index (Phi) is 3.70. The van der Waals surface area contributed by atoms with E-state index in [4.69, 9.17) is 0 Å². The highest BCUT2D eigenvalue weighted by Gasteiger charge is 2.20. The summed E-state index contributed by atoms with van der Waals surface area (Å²) in [5.41, 5.74) is -0.718. The second-order valence-corrected chi connectivity index (χ2v) is 4.73. The average Bonchev–Trinajstić information content (AvgIpc) is 2.77. The van der Waals surface area contributed by atoms with Crippen LogP contribution in [0.5, 0.6) is 0 Å². The lowest BCUT2D eigenvalue weighted by molar-refractivity contribution is -0.385. The molecule has 0 radical (unpaired) electrons. The van der Waals surface area contributed by atoms with Gasteiger partial charge in [-0.05, 0) is 19.4 Å². The number of carbonyl (C=O) groups excluding carboxylic acids is 1. The van der Waals surface area contributed by atoms with Crippen LogP contribution in [-0.4, -0.2) is 20.2 Å². The van der Waals surface area contributed by atoms with Crippen LogP contribution in [0.3, 0.4) is 0 Å². The normalized spacial score (nSPS) is 10.3. The lowest BCUT2D eigenvalue weighted by Crippen LogP contribution is -2.14. The number of amides is 1. The Morgan fingerprint density at radius 1 is 1.45 bits per heavy atom. The third kappa shape index (κ3) is 2.77. The van der Waals surface area contributed by atoms with Crippen molar-refractivity contribution < 1.29 is 14.1 Å². The largest absolute Gasteiger partial charge is 0.296 e. The molecule has 0 saturated heterocycles. The minimum absolute atomic E-state index is 0.0257. The number of non-ortho nitro benzene ring substituents is 1. The molecule has 0 spiro atoms. The molecule has 1 aromatic heterocycles. The molecule has 0 aliphatic heterocycles. The van der Waals surface area contributed by atoms with Crippen molar-refractivity contribution in [2.24, 2.45) is 0 Å². The molecule has 0 bridgehead atoms. The van der Waals surface area contributed by atoms with Crippen molar-refractivity contribution >= 4 is 28.3 Å². The van der Waals surface area contributed by atoms with E-state index in [0.29, 0.717) is 5.82 Å². The molecule has 0 fully saturated rings. The first kappa shape index (κ1) is 14.0. The molecule has 1 aromatic carbocycles. The third-order valence-electron chi connectivity index (χ3n) is 2.44. The number of nitro groups is 1. The number of halogens is 1. The fraction of sp³-hybridized carbons (Fsp3) is 0.182. The maximum absolute atomic E-state index is 13.9. The van der Waals surface area contributed by atoms with E-state index in [1.54, 1.807) is 6.92 Å². The minimum Gasteiger partial charge on any atom is -0.296 e. The van der Waals surface area contributed by atoms with Crippen molar-refractivity contribution in [1.82, 2.24) is 9.36 Å². The molecule has 0 aliphatic rings. The van der Waals surface area contributed by atoms with Crippen LogP contribution in [0.4, 0.5) is 15.2 Å². The molecular weight excluding hydrogens is 287 g/mol. The summed E-state index contributed by atoms with van der Waals surface area (Å²) in [6.45, 7) is 3.00. The number of anilines is 1. The van der Waals surface area contributed by atoms with Crippen molar-refractivity contribution in [2.45, 2.75) is 13.8 Å². The highest BCUT2D eigenvalue weighted by atomic mass is 32.1. The number of nitrogens with one attached hydrogen (secondary N) is 1. The monoisotopic (exact) mass is 296 g/mol. The number of aromatic nitrogens is 2. The predicted octanol–water partition coefficient (Wildman–Crippen LogP) is 2.45. The molecule has 1 heterocycles. The lowest BCUT2D eigenvalue weighted by atomic mass is 10.1. The molecular formula is C11H9FN4O3S. The Balaban J connectivity index is 2.36. The summed E-state index contributed by atoms with van der Waals surface area (Å²) in [5, 5.41) is 13.3. The molecule has 104 valence electrons. The van der Waals surface area contributed by atoms with Crippen LogP contribution in [-0.2, 0) is 0 Å². The number of benzene rings is 1. The molecule has 0 saturated carbocycles. The number of hydrogen-bond acceptors (Lipinski definition) is 6. The highest BCUT2D eigenvalue weighted by molar-refractivity contribution is 7.09. The summed E-state index contributed by atoms with van der Waals surface area (Å²) in [6.07, 6.45) is 0. The Labute approximate surface area is 116 Å². The number of rotatable bonds is 3. The number of aryl methyl sites for hydroxylation is 2. The van der Waals surface area contributed by atoms with Crippen LogP contribution in [0.15, 0.2) is 12.1 Å². The van der Waals surface area contributed by atoms with E-state index in [9.17, 15) is 19.3 Å². The first-order valence-electron chi connectivity index (χ1n) is 5.44. The fourth-order valence-electron chi connectivity index (χ4n) is 1.53. The predicted molar refractivity (Wildman–Crippen MR) is 70.4 cm³/mol. The van der Waals surface area contributed by atoms with Crippen LogP contribution in [0, 0.1) is 29.8 Å². The van der Waals surface area contributed by atoms with Crippen molar-refractivity contribution in [3.63, 3.8) is 0 Å². The Hall–Kier alpha value is -2.42. The third-order valence-corrected chi connectivity index (χ3v) is 3.16. The summed E-state index contributed by atoms with van der Waals surface area (Å²) in [5.74, 6) is -1.12. The van der Waals surface area contributed by atoms with Crippen molar-refractivity contribution in [3.05, 3.63) is 45.0 Å². The Morgan fingerprint density at radius 2 is 2.15 bits per heavy atom. The quantitative estimate of drug-likeness (QED) is 0.693. The zero-order valence-electron chi connectivity index (χ0n) is 10.5. The van der Waals surface area contributed by atoms with Crippen molar-refractivity contribution in [1.29, 1.82) is 0 Å². The van der Waals surface area contributed by atoms with Crippen LogP contribution in [0.25, 0.3) is 0 Å². The van der Waals surface area contributed by atoms with Gasteiger partial charge in [-0.2, -0.15) is 4.37 Å². The molecule has 0 unspecified atom stereocenters. The molecule has 20 heavy (non-hydrogen) atoms. The molecule has 2 aromatic rings. The summed E-state index contributed by atoms with van der Waals surface area (Å²) in [6, 6.07) is 1.97. The summed E-state index contributed by atoms with van der Waals surface area (Å²) in [4.78, 5) is 25.9. The van der Waals surface area contributed by atoms with Crippen LogP contribution < -0.4 is 5.32 Å². The molecule has 2 rings (SSSR count). The second kappa shape index (κ2) is 5.29. The smallest absolute Gasteiger partial charge is 0.270 e. The van der Waals surface area contributed by atoms with Gasteiger partial charge in [0.1, 0.15) is 11.6 Å². The van der Waals surface area contributed by atoms with Crippen molar-refractivity contribution in [2.75, 3.05) is 5.32 Å². The SMILES string of the molecule is Cc1nsc(NC(=O)c2cc([N+](=O)[O-])cc(C)c2F)n1. The Bertz CT molecular complexity index is 701. The van der Waals surface area contributed by atoms with E-state index < -0.39 is 22.2 Å². The van der Waals surface area contributed by atoms with Gasteiger partial charge in [-0.3, -0.25) is 20.2 Å². The van der Waals surface area contributed by atoms with Gasteiger partial charge in [-0.25, -0.2) is 9.37 Å². The van der Waals surface area contributed by atoms with E-state index in [1.165, 1.54) is 6.92 Å². The number of hydrogen-bond donors (Lipinski definition) is 1. The van der Waals surface area contributed by atoms with Gasteiger partial charge < -0.3 is 0 Å². The molecule has 9 heteroatoms. The maximum Gasteiger partial charge on any atom is 0.270 e. The van der Waals surface area contributed by atoms with Crippen LogP contribution in [0.1, 0.15) is 21.7 Å². The molecule has 7 nitrogen and oxygen atoms in total. The molecule has 1 amide bonds. The fourth-order valence-corrected chi connectivity index (χ4v) is 2.10. The van der Waals surface area contributed by atoms with E-state index in [1.807, 2.05) is 0 Å². The van der Waals surface area contributed by atoms with Crippen LogP contribution >= 0.6 is 11.5 Å². The zero-order valence-corrected chi connectivity index (χ0v) is 11.3. The molecule has 0 aliphatic carbocycles. The first-order valence-corrected chi connectivity index (χ1v) is 6.22. The van der Waals surface area contributed by atoms with Crippen LogP contribution in [0.2, 0.25) is 0 Å². The van der Waals surface area contributed by atoms with Gasteiger partial charge in [0.2, 0.25) is 5.13 Å². The highest BCUT2D eigenvalue weighted by Crippen LogP contribution is 2.22. The van der Waals surface area contributed by atoms with Crippen molar-refractivity contribution in [3.8, 4) is 0 Å². The van der Waals surface area contributed by atoms with Gasteiger partial charge in [0.15, 0.2) is 0 Å². The van der Waals surface area contributed by atoms with E-state index in [-0.39, 0.29) is 16.4 Å². The zero-order chi connectivity index (χ0) is 14.9. The second-order valence-electron chi connectivity index (χ2n) is 3.98. The summed E-state index contributed by atoms with van der Waals surface area (Å²) < 4.78 is 17.8. The minimum atomic E-state index is -0.801. The molecule has 1 N–H and O–H groups in total. The summed E-state index contributed by atoms with van der Waals surface area (Å²) >= 11 is 0.944. The van der Waals surface area contributed by atoms with Gasteiger partial charge in [0.25, 0.3) is 11.6 Å². The van der Waals surface area contributed by atoms with Gasteiger partial charge in [0.05, 0.1) is 10.5 Å². The lowest BCUT2D eigenvalue weighted by Gasteiger charge is -2.05.